The Morgan fingerprint density at radius 1 is 0.925 bits per heavy atom. The topological polar surface area (TPSA) is 91.8 Å². The zero-order chi connectivity index (χ0) is 27.6. The van der Waals surface area contributed by atoms with Crippen LogP contribution in [0, 0.1) is 5.82 Å². The lowest BCUT2D eigenvalue weighted by Crippen LogP contribution is -2.22. The molecule has 198 valence electrons. The van der Waals surface area contributed by atoms with Crippen molar-refractivity contribution in [3.05, 3.63) is 112 Å². The Balaban J connectivity index is 1.47. The molecular formula is C28H14F4N4O4. The average molecular weight is 546 g/mol. The van der Waals surface area contributed by atoms with Crippen molar-refractivity contribution in [3.8, 4) is 28.8 Å². The van der Waals surface area contributed by atoms with Gasteiger partial charge in [-0.15, -0.1) is 18.3 Å². The molecule has 1 aliphatic rings. The van der Waals surface area contributed by atoms with Crippen LogP contribution in [-0.2, 0) is 0 Å². The molecule has 8 nitrogen and oxygen atoms in total. The van der Waals surface area contributed by atoms with Gasteiger partial charge in [0.15, 0.2) is 17.2 Å². The van der Waals surface area contributed by atoms with Gasteiger partial charge in [-0.05, 0) is 54.1 Å². The smallest absolute Gasteiger partial charge is 0.437 e. The van der Waals surface area contributed by atoms with Crippen LogP contribution in [0.4, 0.5) is 17.6 Å². The Morgan fingerprint density at radius 3 is 2.42 bits per heavy atom. The minimum atomic E-state index is -4.87. The fourth-order valence-corrected chi connectivity index (χ4v) is 4.85. The van der Waals surface area contributed by atoms with Crippen molar-refractivity contribution in [1.29, 1.82) is 0 Å². The van der Waals surface area contributed by atoms with Crippen molar-refractivity contribution in [2.24, 2.45) is 0 Å². The van der Waals surface area contributed by atoms with E-state index in [1.54, 1.807) is 24.3 Å². The minimum absolute atomic E-state index is 0.122. The van der Waals surface area contributed by atoms with Crippen LogP contribution in [0.5, 0.6) is 17.4 Å². The van der Waals surface area contributed by atoms with Gasteiger partial charge in [0.05, 0.1) is 22.4 Å². The van der Waals surface area contributed by atoms with Crippen LogP contribution in [0.1, 0.15) is 22.6 Å². The number of hydrogen-bond acceptors (Lipinski definition) is 7. The monoisotopic (exact) mass is 546 g/mol. The summed E-state index contributed by atoms with van der Waals surface area (Å²) in [4.78, 5) is 22.5. The number of halogens is 4. The van der Waals surface area contributed by atoms with Crippen LogP contribution in [0.15, 0.2) is 88.3 Å². The Hall–Kier alpha value is -5.26. The molecule has 3 aromatic carbocycles. The molecule has 0 saturated heterocycles. The molecule has 1 aliphatic heterocycles. The van der Waals surface area contributed by atoms with Crippen molar-refractivity contribution in [1.82, 2.24) is 19.6 Å². The van der Waals surface area contributed by atoms with Crippen LogP contribution in [0.25, 0.3) is 28.0 Å². The molecule has 0 saturated carbocycles. The lowest BCUT2D eigenvalue weighted by Gasteiger charge is -2.27. The molecule has 0 fully saturated rings. The number of alkyl halides is 3. The molecule has 0 bridgehead atoms. The molecular weight excluding hydrogens is 532 g/mol. The Morgan fingerprint density at radius 2 is 1.68 bits per heavy atom. The number of nitrogens with zero attached hydrogens (tertiary/aromatic N) is 4. The highest BCUT2D eigenvalue weighted by molar-refractivity contribution is 5.87. The molecule has 4 heterocycles. The zero-order valence-electron chi connectivity index (χ0n) is 20.0. The summed E-state index contributed by atoms with van der Waals surface area (Å²) in [6.45, 7) is 0. The second-order valence-electron chi connectivity index (χ2n) is 8.95. The Labute approximate surface area is 221 Å². The molecule has 1 atom stereocenters. The summed E-state index contributed by atoms with van der Waals surface area (Å²) < 4.78 is 69.1. The minimum Gasteiger partial charge on any atom is -0.437 e. The first-order valence-corrected chi connectivity index (χ1v) is 11.9. The molecule has 0 radical (unpaired) electrons. The predicted octanol–water partition coefficient (Wildman–Crippen LogP) is 6.22. The number of aromatic nitrogens is 4. The first kappa shape index (κ1) is 23.8. The van der Waals surface area contributed by atoms with Gasteiger partial charge in [0, 0.05) is 5.56 Å². The summed E-state index contributed by atoms with van der Waals surface area (Å²) in [5.41, 5.74) is 1.32. The van der Waals surface area contributed by atoms with Crippen LogP contribution in [0.2, 0.25) is 0 Å². The van der Waals surface area contributed by atoms with Crippen molar-refractivity contribution in [2.75, 3.05) is 0 Å². The van der Waals surface area contributed by atoms with Gasteiger partial charge >= 0.3 is 12.0 Å². The van der Waals surface area contributed by atoms with Crippen LogP contribution in [-0.4, -0.2) is 25.9 Å². The highest BCUT2D eigenvalue weighted by Gasteiger charge is 2.38. The molecule has 12 heteroatoms. The third-order valence-electron chi connectivity index (χ3n) is 6.51. The summed E-state index contributed by atoms with van der Waals surface area (Å²) >= 11 is 0. The van der Waals surface area contributed by atoms with Gasteiger partial charge < -0.3 is 13.9 Å². The molecule has 7 rings (SSSR count). The van der Waals surface area contributed by atoms with E-state index in [1.165, 1.54) is 47.2 Å². The van der Waals surface area contributed by atoms with E-state index < -0.39 is 29.5 Å². The maximum atomic E-state index is 13.5. The number of rotatable bonds is 3. The fourth-order valence-electron chi connectivity index (χ4n) is 4.85. The number of para-hydroxylation sites is 1. The van der Waals surface area contributed by atoms with Gasteiger partial charge in [-0.25, -0.2) is 23.7 Å². The summed E-state index contributed by atoms with van der Waals surface area (Å²) in [6, 6.07) is 17.5. The molecule has 1 unspecified atom stereocenters. The maximum Gasteiger partial charge on any atom is 0.573 e. The van der Waals surface area contributed by atoms with E-state index >= 15 is 0 Å². The SMILES string of the molecule is O=c1oc2ccccc2c2c1C(c1ccc(OC(F)(F)F)cc1)c1c(ncn3nc(-c4ccc(F)cc4)nc13)O2. The maximum absolute atomic E-state index is 13.5. The number of fused-ring (bicyclic) bond motifs is 6. The van der Waals surface area contributed by atoms with E-state index in [-0.39, 0.29) is 28.7 Å². The molecule has 0 spiro atoms. The Kier molecular flexibility index (Phi) is 5.14. The highest BCUT2D eigenvalue weighted by atomic mass is 19.4. The van der Waals surface area contributed by atoms with Crippen molar-refractivity contribution in [2.45, 2.75) is 12.3 Å². The number of ether oxygens (including phenoxy) is 2. The van der Waals surface area contributed by atoms with Gasteiger partial charge in [-0.2, -0.15) is 0 Å². The second-order valence-corrected chi connectivity index (χ2v) is 8.95. The molecule has 0 aliphatic carbocycles. The third-order valence-corrected chi connectivity index (χ3v) is 6.51. The third kappa shape index (κ3) is 3.92. The van der Waals surface area contributed by atoms with Gasteiger partial charge in [0.1, 0.15) is 23.5 Å². The van der Waals surface area contributed by atoms with E-state index in [1.807, 2.05) is 0 Å². The summed E-state index contributed by atoms with van der Waals surface area (Å²) in [5.74, 6) is -1.13. The largest absolute Gasteiger partial charge is 0.573 e. The first-order valence-electron chi connectivity index (χ1n) is 11.9. The summed E-state index contributed by atoms with van der Waals surface area (Å²) in [6.07, 6.45) is -3.47. The van der Waals surface area contributed by atoms with E-state index in [0.29, 0.717) is 27.7 Å². The van der Waals surface area contributed by atoms with Gasteiger partial charge in [-0.1, -0.05) is 24.3 Å². The zero-order valence-corrected chi connectivity index (χ0v) is 20.0. The predicted molar refractivity (Wildman–Crippen MR) is 133 cm³/mol. The molecule has 6 aromatic rings. The van der Waals surface area contributed by atoms with Crippen molar-refractivity contribution < 1.29 is 31.5 Å². The van der Waals surface area contributed by atoms with Crippen molar-refractivity contribution >= 4 is 16.6 Å². The van der Waals surface area contributed by atoms with Crippen LogP contribution >= 0.6 is 0 Å². The number of benzene rings is 3. The quantitative estimate of drug-likeness (QED) is 0.192. The first-order chi connectivity index (χ1) is 19.2. The lowest BCUT2D eigenvalue weighted by molar-refractivity contribution is -0.274. The lowest BCUT2D eigenvalue weighted by atomic mass is 9.84. The van der Waals surface area contributed by atoms with Crippen LogP contribution in [0.3, 0.4) is 0 Å². The highest BCUT2D eigenvalue weighted by Crippen LogP contribution is 2.49. The van der Waals surface area contributed by atoms with E-state index in [4.69, 9.17) is 9.15 Å². The molecule has 40 heavy (non-hydrogen) atoms. The van der Waals surface area contributed by atoms with E-state index in [0.717, 1.165) is 12.1 Å². The average Bonchev–Trinajstić information content (AvgIpc) is 3.37. The molecule has 0 amide bonds. The van der Waals surface area contributed by atoms with Gasteiger partial charge in [-0.3, -0.25) is 0 Å². The van der Waals surface area contributed by atoms with Crippen molar-refractivity contribution in [3.63, 3.8) is 0 Å². The summed E-state index contributed by atoms with van der Waals surface area (Å²) in [7, 11) is 0. The molecule has 0 N–H and O–H groups in total. The fraction of sp³-hybridized carbons (Fsp3) is 0.0714. The van der Waals surface area contributed by atoms with Gasteiger partial charge in [0.25, 0.3) is 0 Å². The van der Waals surface area contributed by atoms with Gasteiger partial charge in [0.2, 0.25) is 5.88 Å². The summed E-state index contributed by atoms with van der Waals surface area (Å²) in [5, 5.41) is 4.96. The molecule has 3 aromatic heterocycles. The normalized spacial score (nSPS) is 14.6. The number of hydrogen-bond donors (Lipinski definition) is 0. The second kappa shape index (κ2) is 8.63. The van der Waals surface area contributed by atoms with E-state index in [9.17, 15) is 22.4 Å². The van der Waals surface area contributed by atoms with E-state index in [2.05, 4.69) is 19.8 Å². The Bertz CT molecular complexity index is 1980. The van der Waals surface area contributed by atoms with Crippen LogP contribution < -0.4 is 15.1 Å². The standard InChI is InChI=1S/C28H14F4N4O4/c29-16-9-5-15(6-10-16)24-34-25-22-20(14-7-11-17(12-8-14)40-28(30,31)32)21-23(39-26(22)33-13-36(25)35-24)18-3-1-2-4-19(18)38-27(21)37/h1-13,20H.